The Balaban J connectivity index is 2.21. The largest absolute Gasteiger partial charge is 0.480 e. The molecule has 1 heterocycles. The quantitative estimate of drug-likeness (QED) is 0.604. The fourth-order valence-electron chi connectivity index (χ4n) is 1.76. The van der Waals surface area contributed by atoms with E-state index in [4.69, 9.17) is 5.11 Å². The topological polar surface area (TPSA) is 95.5 Å². The Kier molecular flexibility index (Phi) is 7.45. The molecule has 0 bridgehead atoms. The molecule has 0 saturated heterocycles. The Morgan fingerprint density at radius 2 is 2.14 bits per heavy atom. The maximum Gasteiger partial charge on any atom is 0.326 e. The average Bonchev–Trinajstić information content (AvgIpc) is 2.97. The summed E-state index contributed by atoms with van der Waals surface area (Å²) in [6.45, 7) is 2.25. The lowest BCUT2D eigenvalue weighted by Crippen LogP contribution is -2.40. The monoisotopic (exact) mass is 312 g/mol. The first-order valence-corrected chi connectivity index (χ1v) is 7.76. The summed E-state index contributed by atoms with van der Waals surface area (Å²) in [5, 5.41) is 16.0. The predicted molar refractivity (Wildman–Crippen MR) is 80.4 cm³/mol. The van der Waals surface area contributed by atoms with Gasteiger partial charge in [-0.15, -0.1) is 11.3 Å². The van der Waals surface area contributed by atoms with Crippen molar-refractivity contribution in [3.63, 3.8) is 0 Å². The van der Waals surface area contributed by atoms with Crippen molar-refractivity contribution in [3.8, 4) is 0 Å². The van der Waals surface area contributed by atoms with Crippen molar-refractivity contribution in [2.45, 2.75) is 38.6 Å². The van der Waals surface area contributed by atoms with E-state index in [2.05, 4.69) is 10.6 Å². The van der Waals surface area contributed by atoms with Gasteiger partial charge in [0.1, 0.15) is 6.04 Å². The number of thiophene rings is 1. The van der Waals surface area contributed by atoms with Crippen molar-refractivity contribution >= 4 is 29.1 Å². The average molecular weight is 312 g/mol. The molecule has 0 aliphatic carbocycles. The van der Waals surface area contributed by atoms with Crippen molar-refractivity contribution in [2.75, 3.05) is 6.54 Å². The van der Waals surface area contributed by atoms with Crippen LogP contribution in [-0.4, -0.2) is 35.5 Å². The van der Waals surface area contributed by atoms with Crippen molar-refractivity contribution < 1.29 is 19.5 Å². The lowest BCUT2D eigenvalue weighted by Gasteiger charge is -2.13. The summed E-state index contributed by atoms with van der Waals surface area (Å²) < 4.78 is 0. The fraction of sp³-hybridized carbons (Fsp3) is 0.500. The molecular formula is C14H20N2O4S. The van der Waals surface area contributed by atoms with Crippen LogP contribution >= 0.6 is 11.3 Å². The molecular weight excluding hydrogens is 292 g/mol. The Morgan fingerprint density at radius 1 is 1.38 bits per heavy atom. The first-order chi connectivity index (χ1) is 10.0. The van der Waals surface area contributed by atoms with Crippen LogP contribution < -0.4 is 10.6 Å². The van der Waals surface area contributed by atoms with Gasteiger partial charge in [0.25, 0.3) is 5.91 Å². The SMILES string of the molecule is CCC[C@H](NC(=O)CCCNC(=O)c1cccs1)C(=O)O. The minimum absolute atomic E-state index is 0.153. The molecule has 1 rings (SSSR count). The lowest BCUT2D eigenvalue weighted by atomic mass is 10.1. The number of carboxylic acids is 1. The minimum atomic E-state index is -1.02. The van der Waals surface area contributed by atoms with Gasteiger partial charge in [-0.3, -0.25) is 9.59 Å². The normalized spacial score (nSPS) is 11.7. The molecule has 21 heavy (non-hydrogen) atoms. The van der Waals surface area contributed by atoms with E-state index in [1.807, 2.05) is 12.3 Å². The molecule has 0 saturated carbocycles. The van der Waals surface area contributed by atoms with Crippen LogP contribution in [0.25, 0.3) is 0 Å². The Hall–Kier alpha value is -1.89. The molecule has 116 valence electrons. The molecule has 3 N–H and O–H groups in total. The van der Waals surface area contributed by atoms with E-state index in [-0.39, 0.29) is 18.2 Å². The number of amides is 2. The Labute approximate surface area is 127 Å². The van der Waals surface area contributed by atoms with Crippen LogP contribution in [0.5, 0.6) is 0 Å². The molecule has 0 unspecified atom stereocenters. The van der Waals surface area contributed by atoms with Gasteiger partial charge in [0.15, 0.2) is 0 Å². The van der Waals surface area contributed by atoms with Gasteiger partial charge in [0.05, 0.1) is 4.88 Å². The molecule has 7 heteroatoms. The molecule has 0 spiro atoms. The zero-order chi connectivity index (χ0) is 15.7. The van der Waals surface area contributed by atoms with Crippen molar-refractivity contribution in [3.05, 3.63) is 22.4 Å². The predicted octanol–water partition coefficient (Wildman–Crippen LogP) is 1.63. The molecule has 0 aliphatic rings. The lowest BCUT2D eigenvalue weighted by molar-refractivity contribution is -0.142. The zero-order valence-corrected chi connectivity index (χ0v) is 12.7. The third-order valence-electron chi connectivity index (χ3n) is 2.82. The highest BCUT2D eigenvalue weighted by molar-refractivity contribution is 7.12. The number of carbonyl (C=O) groups excluding carboxylic acids is 2. The summed E-state index contributed by atoms with van der Waals surface area (Å²) in [6, 6.07) is 2.70. The molecule has 1 aromatic rings. The van der Waals surface area contributed by atoms with E-state index in [9.17, 15) is 14.4 Å². The van der Waals surface area contributed by atoms with Crippen molar-refractivity contribution in [1.82, 2.24) is 10.6 Å². The molecule has 0 aromatic carbocycles. The van der Waals surface area contributed by atoms with Gasteiger partial charge in [-0.25, -0.2) is 4.79 Å². The highest BCUT2D eigenvalue weighted by Gasteiger charge is 2.18. The number of nitrogens with one attached hydrogen (secondary N) is 2. The Morgan fingerprint density at radius 3 is 2.71 bits per heavy atom. The summed E-state index contributed by atoms with van der Waals surface area (Å²) in [5.41, 5.74) is 0. The van der Waals surface area contributed by atoms with Crippen LogP contribution in [0.4, 0.5) is 0 Å². The van der Waals surface area contributed by atoms with E-state index in [0.29, 0.717) is 30.7 Å². The second-order valence-corrected chi connectivity index (χ2v) is 5.53. The highest BCUT2D eigenvalue weighted by Crippen LogP contribution is 2.07. The third kappa shape index (κ3) is 6.40. The number of hydrogen-bond donors (Lipinski definition) is 3. The maximum atomic E-state index is 11.6. The number of rotatable bonds is 9. The van der Waals surface area contributed by atoms with Gasteiger partial charge in [-0.1, -0.05) is 19.4 Å². The first kappa shape index (κ1) is 17.2. The second-order valence-electron chi connectivity index (χ2n) is 4.58. The standard InChI is InChI=1S/C14H20N2O4S/c1-2-5-10(14(19)20)16-12(17)7-3-8-15-13(18)11-6-4-9-21-11/h4,6,9-10H,2-3,5,7-8H2,1H3,(H,15,18)(H,16,17)(H,19,20)/t10-/m0/s1. The summed E-state index contributed by atoms with van der Waals surface area (Å²) in [4.78, 5) is 34.8. The van der Waals surface area contributed by atoms with Crippen LogP contribution in [-0.2, 0) is 9.59 Å². The summed E-state index contributed by atoms with van der Waals surface area (Å²) in [5.74, 6) is -1.47. The highest BCUT2D eigenvalue weighted by atomic mass is 32.1. The van der Waals surface area contributed by atoms with E-state index in [1.54, 1.807) is 12.1 Å². The fourth-order valence-corrected chi connectivity index (χ4v) is 2.40. The van der Waals surface area contributed by atoms with Crippen LogP contribution in [0.3, 0.4) is 0 Å². The Bertz CT molecular complexity index is 473. The van der Waals surface area contributed by atoms with E-state index in [0.717, 1.165) is 0 Å². The van der Waals surface area contributed by atoms with Gasteiger partial charge < -0.3 is 15.7 Å². The van der Waals surface area contributed by atoms with Crippen LogP contribution in [0.15, 0.2) is 17.5 Å². The van der Waals surface area contributed by atoms with Gasteiger partial charge in [0.2, 0.25) is 5.91 Å². The van der Waals surface area contributed by atoms with Crippen LogP contribution in [0, 0.1) is 0 Å². The summed E-state index contributed by atoms with van der Waals surface area (Å²) in [6.07, 6.45) is 1.77. The molecule has 0 aliphatic heterocycles. The maximum absolute atomic E-state index is 11.6. The molecule has 6 nitrogen and oxygen atoms in total. The smallest absolute Gasteiger partial charge is 0.326 e. The number of hydrogen-bond acceptors (Lipinski definition) is 4. The van der Waals surface area contributed by atoms with Gasteiger partial charge in [-0.05, 0) is 24.3 Å². The van der Waals surface area contributed by atoms with Crippen molar-refractivity contribution in [1.29, 1.82) is 0 Å². The molecule has 1 atom stereocenters. The zero-order valence-electron chi connectivity index (χ0n) is 11.9. The molecule has 0 radical (unpaired) electrons. The second kappa shape index (κ2) is 9.12. The van der Waals surface area contributed by atoms with Crippen molar-refractivity contribution in [2.24, 2.45) is 0 Å². The minimum Gasteiger partial charge on any atom is -0.480 e. The van der Waals surface area contributed by atoms with E-state index in [1.165, 1.54) is 11.3 Å². The number of carboxylic acid groups (broad SMARTS) is 1. The molecule has 0 fully saturated rings. The van der Waals surface area contributed by atoms with Gasteiger partial charge >= 0.3 is 5.97 Å². The van der Waals surface area contributed by atoms with Crippen LogP contribution in [0.1, 0.15) is 42.3 Å². The third-order valence-corrected chi connectivity index (χ3v) is 3.69. The first-order valence-electron chi connectivity index (χ1n) is 6.88. The molecule has 2 amide bonds. The van der Waals surface area contributed by atoms with E-state index < -0.39 is 12.0 Å². The summed E-state index contributed by atoms with van der Waals surface area (Å²) in [7, 11) is 0. The van der Waals surface area contributed by atoms with Gasteiger partial charge in [-0.2, -0.15) is 0 Å². The van der Waals surface area contributed by atoms with E-state index >= 15 is 0 Å². The molecule has 1 aromatic heterocycles. The van der Waals surface area contributed by atoms with Crippen LogP contribution in [0.2, 0.25) is 0 Å². The van der Waals surface area contributed by atoms with Gasteiger partial charge in [0, 0.05) is 13.0 Å². The number of aliphatic carboxylic acids is 1. The number of carbonyl (C=O) groups is 3. The summed E-state index contributed by atoms with van der Waals surface area (Å²) >= 11 is 1.36.